The molecule has 2 rings (SSSR count). The van der Waals surface area contributed by atoms with Crippen molar-refractivity contribution < 1.29 is 4.52 Å². The molecule has 18 heavy (non-hydrogen) atoms. The summed E-state index contributed by atoms with van der Waals surface area (Å²) in [6.45, 7) is 2.09. The summed E-state index contributed by atoms with van der Waals surface area (Å²) in [4.78, 5) is 5.58. The Hall–Kier alpha value is -1.33. The van der Waals surface area contributed by atoms with Crippen LogP contribution in [-0.2, 0) is 12.2 Å². The number of nitrogens with zero attached hydrogens (tertiary/aromatic N) is 2. The molecule has 0 amide bonds. The topological polar surface area (TPSA) is 51.0 Å². The number of aromatic nitrogens is 2. The fourth-order valence-electron chi connectivity index (χ4n) is 1.47. The van der Waals surface area contributed by atoms with Gasteiger partial charge in [-0.15, -0.1) is 11.8 Å². The molecule has 2 aromatic rings. The molecular weight excluding hydrogens is 246 g/mol. The summed E-state index contributed by atoms with van der Waals surface area (Å²) in [7, 11) is 1.93. The second kappa shape index (κ2) is 6.56. The van der Waals surface area contributed by atoms with E-state index in [1.165, 1.54) is 4.90 Å². The van der Waals surface area contributed by atoms with E-state index in [1.54, 1.807) is 11.8 Å². The highest BCUT2D eigenvalue weighted by Gasteiger charge is 2.09. The van der Waals surface area contributed by atoms with E-state index in [2.05, 4.69) is 34.5 Å². The van der Waals surface area contributed by atoms with Gasteiger partial charge in [-0.2, -0.15) is 4.98 Å². The maximum atomic E-state index is 5.22. The third-order valence-corrected chi connectivity index (χ3v) is 3.59. The van der Waals surface area contributed by atoms with Crippen LogP contribution >= 0.6 is 11.8 Å². The van der Waals surface area contributed by atoms with Gasteiger partial charge < -0.3 is 9.84 Å². The van der Waals surface area contributed by atoms with Gasteiger partial charge in [-0.25, -0.2) is 0 Å². The maximum absolute atomic E-state index is 5.22. The van der Waals surface area contributed by atoms with Gasteiger partial charge in [-0.3, -0.25) is 0 Å². The van der Waals surface area contributed by atoms with Gasteiger partial charge in [0.25, 0.3) is 0 Å². The zero-order chi connectivity index (χ0) is 12.8. The lowest BCUT2D eigenvalue weighted by Crippen LogP contribution is -2.24. The number of hydrogen-bond acceptors (Lipinski definition) is 5. The van der Waals surface area contributed by atoms with Gasteiger partial charge in [0, 0.05) is 17.4 Å². The van der Waals surface area contributed by atoms with Crippen molar-refractivity contribution in [3.8, 4) is 0 Å². The van der Waals surface area contributed by atoms with E-state index in [0.29, 0.717) is 17.7 Å². The highest BCUT2D eigenvalue weighted by Crippen LogP contribution is 2.21. The smallest absolute Gasteiger partial charge is 0.237 e. The second-order valence-corrected chi connectivity index (χ2v) is 5.15. The van der Waals surface area contributed by atoms with Gasteiger partial charge in [0.2, 0.25) is 5.89 Å². The number of hydrogen-bond donors (Lipinski definition) is 1. The monoisotopic (exact) mass is 263 g/mol. The Kier molecular flexibility index (Phi) is 4.78. The van der Waals surface area contributed by atoms with E-state index < -0.39 is 0 Å². The molecule has 4 nitrogen and oxygen atoms in total. The average Bonchev–Trinajstić information content (AvgIpc) is 2.85. The molecule has 1 aromatic heterocycles. The van der Waals surface area contributed by atoms with Crippen LogP contribution in [0.25, 0.3) is 0 Å². The van der Waals surface area contributed by atoms with Gasteiger partial charge in [0.15, 0.2) is 5.82 Å². The Morgan fingerprint density at radius 3 is 2.83 bits per heavy atom. The average molecular weight is 263 g/mol. The summed E-state index contributed by atoms with van der Waals surface area (Å²) in [5.74, 6) is 2.16. The predicted molar refractivity (Wildman–Crippen MR) is 72.5 cm³/mol. The molecule has 0 fully saturated rings. The molecule has 1 aromatic carbocycles. The van der Waals surface area contributed by atoms with Crippen LogP contribution in [0.5, 0.6) is 0 Å². The molecular formula is C13H17N3OS. The zero-order valence-electron chi connectivity index (χ0n) is 10.6. The van der Waals surface area contributed by atoms with E-state index in [1.807, 2.05) is 25.2 Å². The minimum Gasteiger partial charge on any atom is -0.338 e. The molecule has 1 unspecified atom stereocenters. The first kappa shape index (κ1) is 13.1. The summed E-state index contributed by atoms with van der Waals surface area (Å²) in [6.07, 6.45) is 0.788. The summed E-state index contributed by atoms with van der Waals surface area (Å²) in [5.41, 5.74) is 0. The number of benzene rings is 1. The molecule has 0 saturated heterocycles. The van der Waals surface area contributed by atoms with Crippen LogP contribution in [0.4, 0.5) is 0 Å². The first-order valence-electron chi connectivity index (χ1n) is 5.94. The summed E-state index contributed by atoms with van der Waals surface area (Å²) in [6, 6.07) is 10.6. The Bertz CT molecular complexity index is 472. The first-order chi connectivity index (χ1) is 8.78. The fourth-order valence-corrected chi connectivity index (χ4v) is 2.23. The number of rotatable bonds is 6. The molecule has 0 bridgehead atoms. The van der Waals surface area contributed by atoms with Gasteiger partial charge >= 0.3 is 0 Å². The SMILES string of the molecule is CNC(C)Cc1noc(CSc2ccccc2)n1. The molecule has 1 N–H and O–H groups in total. The van der Waals surface area contributed by atoms with E-state index in [4.69, 9.17) is 4.52 Å². The van der Waals surface area contributed by atoms with E-state index >= 15 is 0 Å². The van der Waals surface area contributed by atoms with Crippen molar-refractivity contribution in [3.63, 3.8) is 0 Å². The molecule has 1 heterocycles. The summed E-state index contributed by atoms with van der Waals surface area (Å²) in [5, 5.41) is 7.13. The Balaban J connectivity index is 1.87. The van der Waals surface area contributed by atoms with E-state index in [0.717, 1.165) is 12.2 Å². The molecule has 0 saturated carbocycles. The van der Waals surface area contributed by atoms with Crippen LogP contribution in [-0.4, -0.2) is 23.2 Å². The Morgan fingerprint density at radius 1 is 1.33 bits per heavy atom. The summed E-state index contributed by atoms with van der Waals surface area (Å²) < 4.78 is 5.22. The van der Waals surface area contributed by atoms with E-state index in [-0.39, 0.29) is 0 Å². The van der Waals surface area contributed by atoms with Crippen LogP contribution < -0.4 is 5.32 Å². The molecule has 1 atom stereocenters. The lowest BCUT2D eigenvalue weighted by molar-refractivity contribution is 0.382. The van der Waals surface area contributed by atoms with Crippen molar-refractivity contribution in [1.29, 1.82) is 0 Å². The minimum absolute atomic E-state index is 0.359. The molecule has 0 aliphatic heterocycles. The lowest BCUT2D eigenvalue weighted by atomic mass is 10.2. The number of likely N-dealkylation sites (N-methyl/N-ethyl adjacent to an activating group) is 1. The van der Waals surface area contributed by atoms with Crippen LogP contribution in [0.2, 0.25) is 0 Å². The quantitative estimate of drug-likeness (QED) is 0.812. The van der Waals surface area contributed by atoms with Gasteiger partial charge in [0.05, 0.1) is 5.75 Å². The van der Waals surface area contributed by atoms with Gasteiger partial charge in [-0.1, -0.05) is 23.4 Å². The van der Waals surface area contributed by atoms with Crippen LogP contribution in [0.3, 0.4) is 0 Å². The van der Waals surface area contributed by atoms with Crippen molar-refractivity contribution in [2.45, 2.75) is 30.0 Å². The van der Waals surface area contributed by atoms with Crippen LogP contribution in [0.1, 0.15) is 18.6 Å². The highest BCUT2D eigenvalue weighted by atomic mass is 32.2. The largest absolute Gasteiger partial charge is 0.338 e. The number of thioether (sulfide) groups is 1. The second-order valence-electron chi connectivity index (χ2n) is 4.10. The third-order valence-electron chi connectivity index (χ3n) is 2.60. The lowest BCUT2D eigenvalue weighted by Gasteiger charge is -2.04. The van der Waals surface area contributed by atoms with Crippen LogP contribution in [0.15, 0.2) is 39.8 Å². The number of nitrogens with one attached hydrogen (secondary N) is 1. The van der Waals surface area contributed by atoms with Crippen LogP contribution in [0, 0.1) is 0 Å². The molecule has 0 aliphatic rings. The Morgan fingerprint density at radius 2 is 2.11 bits per heavy atom. The third kappa shape index (κ3) is 3.85. The van der Waals surface area contributed by atoms with Crippen molar-refractivity contribution in [1.82, 2.24) is 15.5 Å². The van der Waals surface area contributed by atoms with Crippen molar-refractivity contribution in [3.05, 3.63) is 42.0 Å². The normalized spacial score (nSPS) is 12.6. The first-order valence-corrected chi connectivity index (χ1v) is 6.93. The molecule has 0 radical (unpaired) electrons. The van der Waals surface area contributed by atoms with Crippen molar-refractivity contribution >= 4 is 11.8 Å². The Labute approximate surface area is 111 Å². The highest BCUT2D eigenvalue weighted by molar-refractivity contribution is 7.98. The van der Waals surface area contributed by atoms with E-state index in [9.17, 15) is 0 Å². The predicted octanol–water partition coefficient (Wildman–Crippen LogP) is 2.51. The molecule has 0 spiro atoms. The zero-order valence-corrected chi connectivity index (χ0v) is 11.4. The van der Waals surface area contributed by atoms with Gasteiger partial charge in [-0.05, 0) is 26.1 Å². The van der Waals surface area contributed by atoms with Gasteiger partial charge in [0.1, 0.15) is 0 Å². The fraction of sp³-hybridized carbons (Fsp3) is 0.385. The standard InChI is InChI=1S/C13H17N3OS/c1-10(14-2)8-12-15-13(17-16-12)9-18-11-6-4-3-5-7-11/h3-7,10,14H,8-9H2,1-2H3. The van der Waals surface area contributed by atoms with Crippen molar-refractivity contribution in [2.24, 2.45) is 0 Å². The van der Waals surface area contributed by atoms with Crippen molar-refractivity contribution in [2.75, 3.05) is 7.05 Å². The molecule has 5 heteroatoms. The molecule has 96 valence electrons. The molecule has 0 aliphatic carbocycles. The maximum Gasteiger partial charge on any atom is 0.237 e. The minimum atomic E-state index is 0.359. The summed E-state index contributed by atoms with van der Waals surface area (Å²) >= 11 is 1.70.